The first-order valence-electron chi connectivity index (χ1n) is 14.1. The summed E-state index contributed by atoms with van der Waals surface area (Å²) in [6.45, 7) is 27.7. The molecule has 0 aromatic carbocycles. The summed E-state index contributed by atoms with van der Waals surface area (Å²) >= 11 is 5.20. The van der Waals surface area contributed by atoms with E-state index in [0.717, 1.165) is 44.4 Å². The lowest BCUT2D eigenvalue weighted by molar-refractivity contribution is -0.121. The molecular formula is C32H24N8O2S4. The fourth-order valence-electron chi connectivity index (χ4n) is 6.16. The number of thioether (sulfide) groups is 2. The van der Waals surface area contributed by atoms with Crippen LogP contribution in [0.1, 0.15) is 62.4 Å². The summed E-state index contributed by atoms with van der Waals surface area (Å²) in [5, 5.41) is 21.3. The fraction of sp³-hybridized carbons (Fsp3) is 0.312. The molecule has 14 heteroatoms. The Labute approximate surface area is 282 Å². The van der Waals surface area contributed by atoms with Crippen LogP contribution in [0.4, 0.5) is 10.0 Å². The van der Waals surface area contributed by atoms with Gasteiger partial charge in [-0.25, -0.2) is 9.98 Å². The van der Waals surface area contributed by atoms with Crippen molar-refractivity contribution in [2.75, 3.05) is 13.1 Å². The lowest BCUT2D eigenvalue weighted by atomic mass is 9.81. The predicted molar refractivity (Wildman–Crippen MR) is 184 cm³/mol. The van der Waals surface area contributed by atoms with E-state index in [1.54, 1.807) is 13.8 Å². The minimum absolute atomic E-state index is 0.106. The maximum Gasteiger partial charge on any atom is 0.550 e. The summed E-state index contributed by atoms with van der Waals surface area (Å²) in [6, 6.07) is 7.83. The van der Waals surface area contributed by atoms with Crippen LogP contribution in [0, 0.1) is 35.8 Å². The Kier molecular flexibility index (Phi) is 7.62. The average Bonchev–Trinajstić information content (AvgIpc) is 3.83. The van der Waals surface area contributed by atoms with Crippen molar-refractivity contribution in [2.24, 2.45) is 9.98 Å². The van der Waals surface area contributed by atoms with Gasteiger partial charge in [0.1, 0.15) is 40.3 Å². The lowest BCUT2D eigenvalue weighted by Crippen LogP contribution is -2.26. The molecule has 46 heavy (non-hydrogen) atoms. The number of amides is 2. The molecule has 2 amide bonds. The van der Waals surface area contributed by atoms with Crippen molar-refractivity contribution in [3.8, 4) is 12.1 Å². The normalized spacial score (nSPS) is 20.6. The van der Waals surface area contributed by atoms with Crippen molar-refractivity contribution >= 4 is 89.2 Å². The number of carbonyl (C=O) groups excluding carboxylic acids is 2. The van der Waals surface area contributed by atoms with E-state index in [1.807, 2.05) is 24.3 Å². The molecule has 2 aliphatic carbocycles. The van der Waals surface area contributed by atoms with E-state index in [-0.39, 0.29) is 44.1 Å². The molecule has 2 fully saturated rings. The Morgan fingerprint density at radius 1 is 0.804 bits per heavy atom. The number of hydrogen-bond donors (Lipinski definition) is 0. The van der Waals surface area contributed by atoms with Crippen LogP contribution in [0.25, 0.3) is 20.8 Å². The molecule has 2 aliphatic heterocycles. The Hall–Kier alpha value is -4.44. The molecule has 6 rings (SSSR count). The molecule has 0 saturated carbocycles. The second-order valence-electron chi connectivity index (χ2n) is 11.5. The lowest BCUT2D eigenvalue weighted by Gasteiger charge is -2.23. The third-order valence-electron chi connectivity index (χ3n) is 8.37. The molecule has 2 saturated heterocycles. The molecule has 2 aromatic rings. The van der Waals surface area contributed by atoms with Crippen LogP contribution >= 0.6 is 46.2 Å². The quantitative estimate of drug-likeness (QED) is 0.240. The summed E-state index contributed by atoms with van der Waals surface area (Å²) in [6.07, 6.45) is 0. The van der Waals surface area contributed by atoms with E-state index in [0.29, 0.717) is 33.1 Å². The van der Waals surface area contributed by atoms with Crippen molar-refractivity contribution in [3.05, 3.63) is 77.3 Å². The maximum absolute atomic E-state index is 13.1. The number of carbonyl (C=O) groups is 2. The number of nitrogens with zero attached hydrogens (tertiary/aromatic N) is 8. The van der Waals surface area contributed by atoms with Crippen molar-refractivity contribution in [2.45, 2.75) is 52.4 Å². The van der Waals surface area contributed by atoms with Crippen LogP contribution in [-0.4, -0.2) is 44.8 Å². The molecule has 228 valence electrons. The second-order valence-corrected chi connectivity index (χ2v) is 15.6. The molecule has 0 N–H and O–H groups in total. The topological polar surface area (TPSA) is 122 Å². The second kappa shape index (κ2) is 11.1. The summed E-state index contributed by atoms with van der Waals surface area (Å²) in [5.41, 5.74) is 3.84. The Balaban J connectivity index is 1.39. The SMILES string of the molecule is [C-]#[N+]C([N+]#[C-])=C1SC(=Nc2cc3c(s2)C2=C(c4sc(N=C5SC(=C(C#N)C#N)N(CC)C5=O)cc4C2(C)C)C3(C)C)C(=O)N1CC. The smallest absolute Gasteiger partial charge is 0.303 e. The van der Waals surface area contributed by atoms with Crippen molar-refractivity contribution in [3.63, 3.8) is 0 Å². The monoisotopic (exact) mass is 680 g/mol. The van der Waals surface area contributed by atoms with E-state index in [2.05, 4.69) is 37.4 Å². The first-order chi connectivity index (χ1) is 21.9. The highest BCUT2D eigenvalue weighted by Gasteiger charge is 2.52. The van der Waals surface area contributed by atoms with Gasteiger partial charge in [-0.1, -0.05) is 39.5 Å². The predicted octanol–water partition coefficient (Wildman–Crippen LogP) is 7.78. The first kappa shape index (κ1) is 31.5. The summed E-state index contributed by atoms with van der Waals surface area (Å²) in [7, 11) is 0. The summed E-state index contributed by atoms with van der Waals surface area (Å²) in [4.78, 5) is 47.4. The molecular weight excluding hydrogens is 657 g/mol. The Morgan fingerprint density at radius 2 is 1.22 bits per heavy atom. The van der Waals surface area contributed by atoms with Crippen LogP contribution in [0.15, 0.2) is 43.6 Å². The summed E-state index contributed by atoms with van der Waals surface area (Å²) < 4.78 is 0. The zero-order chi connectivity index (χ0) is 33.3. The number of fused-ring (bicyclic) bond motifs is 4. The number of thiophene rings is 2. The van der Waals surface area contributed by atoms with Gasteiger partial charge in [-0.15, -0.1) is 22.7 Å². The van der Waals surface area contributed by atoms with E-state index in [4.69, 9.17) is 23.1 Å². The molecule has 0 bridgehead atoms. The third-order valence-corrected chi connectivity index (χ3v) is 12.6. The highest BCUT2D eigenvalue weighted by atomic mass is 32.2. The van der Waals surface area contributed by atoms with Crippen molar-refractivity contribution in [1.29, 1.82) is 10.5 Å². The van der Waals surface area contributed by atoms with Gasteiger partial charge in [-0.2, -0.15) is 20.2 Å². The number of allylic oxidation sites excluding steroid dienone is 3. The van der Waals surface area contributed by atoms with E-state index in [9.17, 15) is 20.1 Å². The Bertz CT molecular complexity index is 1950. The van der Waals surface area contributed by atoms with Gasteiger partial charge in [-0.3, -0.25) is 14.5 Å². The molecule has 0 spiro atoms. The first-order valence-corrected chi connectivity index (χ1v) is 17.4. The number of hydrogen-bond acceptors (Lipinski definition) is 10. The van der Waals surface area contributed by atoms with Gasteiger partial charge in [0, 0.05) is 33.7 Å². The molecule has 0 atom stereocenters. The highest BCUT2D eigenvalue weighted by Crippen LogP contribution is 2.67. The molecule has 0 unspecified atom stereocenters. The van der Waals surface area contributed by atoms with Gasteiger partial charge < -0.3 is 4.90 Å². The van der Waals surface area contributed by atoms with Gasteiger partial charge in [0.05, 0.1) is 0 Å². The average molecular weight is 681 g/mol. The van der Waals surface area contributed by atoms with E-state index < -0.39 is 0 Å². The molecule has 10 nitrogen and oxygen atoms in total. The van der Waals surface area contributed by atoms with Gasteiger partial charge >= 0.3 is 5.82 Å². The van der Waals surface area contributed by atoms with Gasteiger partial charge in [0.25, 0.3) is 11.8 Å². The van der Waals surface area contributed by atoms with Crippen LogP contribution in [0.3, 0.4) is 0 Å². The van der Waals surface area contributed by atoms with Crippen LogP contribution in [0.5, 0.6) is 0 Å². The fourth-order valence-corrected chi connectivity index (χ4v) is 11.2. The third kappa shape index (κ3) is 4.40. The minimum atomic E-state index is -0.369. The van der Waals surface area contributed by atoms with Gasteiger partial charge in [0.2, 0.25) is 0 Å². The number of rotatable bonds is 4. The molecule has 4 heterocycles. The maximum atomic E-state index is 13.1. The molecule has 4 aliphatic rings. The van der Waals surface area contributed by atoms with E-state index >= 15 is 0 Å². The van der Waals surface area contributed by atoms with Crippen LogP contribution < -0.4 is 0 Å². The van der Waals surface area contributed by atoms with E-state index in [1.165, 1.54) is 43.6 Å². The highest BCUT2D eigenvalue weighted by molar-refractivity contribution is 8.20. The largest absolute Gasteiger partial charge is 0.550 e. The molecule has 2 aromatic heterocycles. The minimum Gasteiger partial charge on any atom is -0.303 e. The summed E-state index contributed by atoms with van der Waals surface area (Å²) in [5.74, 6) is -0.765. The standard InChI is InChI=1S/C32H24N8O2S4/c1-9-39-27(41)25(45-29(39)15(13-33)14-34)37-18-11-16-22(43-18)20-21(31(16,3)4)23-17(32(20,5)6)12-19(44-23)38-26-28(42)40(10-2)30(46-26)24(35-7)36-8/h11-12H,9-10H2,1-6H3. The van der Waals surface area contributed by atoms with Crippen LogP contribution in [-0.2, 0) is 20.4 Å². The van der Waals surface area contributed by atoms with Crippen molar-refractivity contribution < 1.29 is 9.59 Å². The van der Waals surface area contributed by atoms with Crippen LogP contribution in [0.2, 0.25) is 0 Å². The molecule has 0 radical (unpaired) electrons. The number of nitriles is 2. The van der Waals surface area contributed by atoms with Gasteiger partial charge in [-0.05, 0) is 60.0 Å². The zero-order valence-electron chi connectivity index (χ0n) is 25.6. The zero-order valence-corrected chi connectivity index (χ0v) is 28.9. The number of aliphatic imine (C=N–C) groups is 2. The Morgan fingerprint density at radius 3 is 1.61 bits per heavy atom. The van der Waals surface area contributed by atoms with Crippen molar-refractivity contribution in [1.82, 2.24) is 9.80 Å². The van der Waals surface area contributed by atoms with Gasteiger partial charge in [0.15, 0.2) is 20.7 Å².